The molecule has 0 aliphatic rings. The van der Waals surface area contributed by atoms with Gasteiger partial charge in [0.1, 0.15) is 6.61 Å². The van der Waals surface area contributed by atoms with Crippen LogP contribution in [0.5, 0.6) is 0 Å². The number of hydrogen-bond donors (Lipinski definition) is 3. The monoisotopic (exact) mass is 570 g/mol. The first kappa shape index (κ1) is 38.6. The van der Waals surface area contributed by atoms with Crippen LogP contribution >= 0.6 is 0 Å². The quantitative estimate of drug-likeness (QED) is 0.0490. The highest BCUT2D eigenvalue weighted by Crippen LogP contribution is 2.14. The summed E-state index contributed by atoms with van der Waals surface area (Å²) >= 11 is 0. The van der Waals surface area contributed by atoms with Crippen LogP contribution in [0.15, 0.2) is 12.2 Å². The first-order chi connectivity index (χ1) is 19.4. The molecule has 0 aliphatic carbocycles. The Morgan fingerprint density at radius 1 is 0.650 bits per heavy atom. The van der Waals surface area contributed by atoms with Gasteiger partial charge in [-0.25, -0.2) is 0 Å². The summed E-state index contributed by atoms with van der Waals surface area (Å²) in [6, 6.07) is 0. The fraction of sp³-hybridized carbons (Fsp3) is 0.879. The number of hydrogen-bond acceptors (Lipinski definition) is 7. The summed E-state index contributed by atoms with van der Waals surface area (Å²) in [5.41, 5.74) is 0. The summed E-state index contributed by atoms with van der Waals surface area (Å²) in [6.07, 6.45) is 23.0. The van der Waals surface area contributed by atoms with Gasteiger partial charge in [0, 0.05) is 12.8 Å². The van der Waals surface area contributed by atoms with Crippen LogP contribution in [-0.4, -0.2) is 58.8 Å². The summed E-state index contributed by atoms with van der Waals surface area (Å²) in [6.45, 7) is 3.91. The SMILES string of the molecule is CCCCC/C=C\C[C@H](O)[C@@H](O)CCCCCCCC(=O)O[C@@H](CO)COC(=O)CCCCCCCCCCC. The lowest BCUT2D eigenvalue weighted by atomic mass is 10.0. The van der Waals surface area contributed by atoms with Gasteiger partial charge in [-0.1, -0.05) is 116 Å². The molecule has 0 heterocycles. The number of rotatable bonds is 29. The largest absolute Gasteiger partial charge is 0.462 e. The average Bonchev–Trinajstić information content (AvgIpc) is 2.95. The molecule has 0 aromatic heterocycles. The van der Waals surface area contributed by atoms with E-state index >= 15 is 0 Å². The summed E-state index contributed by atoms with van der Waals surface area (Å²) in [5.74, 6) is -0.704. The third-order valence-corrected chi connectivity index (χ3v) is 7.26. The Bertz CT molecular complexity index is 608. The zero-order chi connectivity index (χ0) is 29.7. The summed E-state index contributed by atoms with van der Waals surface area (Å²) < 4.78 is 10.5. The summed E-state index contributed by atoms with van der Waals surface area (Å²) in [4.78, 5) is 24.0. The maximum Gasteiger partial charge on any atom is 0.306 e. The van der Waals surface area contributed by atoms with E-state index in [2.05, 4.69) is 19.9 Å². The van der Waals surface area contributed by atoms with Gasteiger partial charge in [0.2, 0.25) is 0 Å². The predicted octanol–water partition coefficient (Wildman–Crippen LogP) is 7.33. The van der Waals surface area contributed by atoms with Crippen molar-refractivity contribution in [1.29, 1.82) is 0 Å². The third-order valence-electron chi connectivity index (χ3n) is 7.26. The third kappa shape index (κ3) is 25.5. The van der Waals surface area contributed by atoms with Crippen LogP contribution < -0.4 is 0 Å². The molecular formula is C33H62O7. The van der Waals surface area contributed by atoms with Crippen molar-refractivity contribution in [2.24, 2.45) is 0 Å². The molecule has 0 aromatic carbocycles. The van der Waals surface area contributed by atoms with Crippen molar-refractivity contribution >= 4 is 11.9 Å². The number of ether oxygens (including phenoxy) is 2. The van der Waals surface area contributed by atoms with Gasteiger partial charge in [-0.2, -0.15) is 0 Å². The van der Waals surface area contributed by atoms with E-state index in [1.54, 1.807) is 0 Å². The normalized spacial score (nSPS) is 13.8. The van der Waals surface area contributed by atoms with Crippen LogP contribution in [-0.2, 0) is 19.1 Å². The Morgan fingerprint density at radius 2 is 1.18 bits per heavy atom. The van der Waals surface area contributed by atoms with Crippen molar-refractivity contribution in [2.75, 3.05) is 13.2 Å². The Morgan fingerprint density at radius 3 is 1.77 bits per heavy atom. The van der Waals surface area contributed by atoms with Gasteiger partial charge in [-0.3, -0.25) is 9.59 Å². The molecule has 0 spiro atoms. The fourth-order valence-electron chi connectivity index (χ4n) is 4.58. The lowest BCUT2D eigenvalue weighted by molar-refractivity contribution is -0.161. The minimum Gasteiger partial charge on any atom is -0.462 e. The minimum absolute atomic E-state index is 0.110. The molecule has 0 aliphatic heterocycles. The van der Waals surface area contributed by atoms with Crippen LogP contribution in [0.1, 0.15) is 155 Å². The molecule has 7 heteroatoms. The summed E-state index contributed by atoms with van der Waals surface area (Å²) in [7, 11) is 0. The molecule has 236 valence electrons. The van der Waals surface area contributed by atoms with Crippen molar-refractivity contribution in [3.05, 3.63) is 12.2 Å². The molecule has 40 heavy (non-hydrogen) atoms. The van der Waals surface area contributed by atoms with E-state index in [4.69, 9.17) is 9.47 Å². The number of aliphatic hydroxyl groups excluding tert-OH is 3. The molecule has 0 saturated carbocycles. The predicted molar refractivity (Wildman–Crippen MR) is 162 cm³/mol. The van der Waals surface area contributed by atoms with Gasteiger partial charge in [0.15, 0.2) is 6.10 Å². The highest BCUT2D eigenvalue weighted by atomic mass is 16.6. The molecule has 0 unspecified atom stereocenters. The zero-order valence-electron chi connectivity index (χ0n) is 25.8. The maximum atomic E-state index is 12.1. The molecule has 0 fully saturated rings. The Kier molecular flexibility index (Phi) is 28.0. The topological polar surface area (TPSA) is 113 Å². The number of unbranched alkanes of at least 4 members (excludes halogenated alkanes) is 15. The molecule has 0 bridgehead atoms. The lowest BCUT2D eigenvalue weighted by Gasteiger charge is -2.16. The van der Waals surface area contributed by atoms with Crippen molar-refractivity contribution < 1.29 is 34.4 Å². The second-order valence-electron chi connectivity index (χ2n) is 11.2. The van der Waals surface area contributed by atoms with Gasteiger partial charge in [0.25, 0.3) is 0 Å². The first-order valence-corrected chi connectivity index (χ1v) is 16.4. The second-order valence-corrected chi connectivity index (χ2v) is 11.2. The average molecular weight is 571 g/mol. The van der Waals surface area contributed by atoms with E-state index in [0.717, 1.165) is 51.4 Å². The van der Waals surface area contributed by atoms with Crippen molar-refractivity contribution in [2.45, 2.75) is 173 Å². The standard InChI is InChI=1S/C33H62O7/c1-3-5-7-9-11-12-13-17-21-25-32(37)39-28-29(27-34)40-33(38)26-22-18-14-16-20-24-31(36)30(35)23-19-15-10-8-6-4-2/h15,19,29-31,34-36H,3-14,16-18,20-28H2,1-2H3/b19-15-/t29-,30-,31-/m0/s1. The second kappa shape index (κ2) is 29.1. The zero-order valence-corrected chi connectivity index (χ0v) is 25.8. The number of aliphatic hydroxyl groups is 3. The Hall–Kier alpha value is -1.44. The molecule has 3 atom stereocenters. The van der Waals surface area contributed by atoms with Crippen LogP contribution in [0.25, 0.3) is 0 Å². The van der Waals surface area contributed by atoms with E-state index in [1.807, 2.05) is 6.08 Å². The number of esters is 2. The Labute approximate surface area is 245 Å². The van der Waals surface area contributed by atoms with Crippen molar-refractivity contribution in [3.8, 4) is 0 Å². The van der Waals surface area contributed by atoms with E-state index in [-0.39, 0.29) is 25.6 Å². The maximum absolute atomic E-state index is 12.1. The van der Waals surface area contributed by atoms with E-state index in [0.29, 0.717) is 25.7 Å². The van der Waals surface area contributed by atoms with Crippen LogP contribution in [0.2, 0.25) is 0 Å². The number of allylic oxidation sites excluding steroid dienone is 1. The molecule has 0 radical (unpaired) electrons. The molecule has 0 aromatic rings. The highest BCUT2D eigenvalue weighted by molar-refractivity contribution is 5.70. The fourth-order valence-corrected chi connectivity index (χ4v) is 4.58. The van der Waals surface area contributed by atoms with E-state index < -0.39 is 24.3 Å². The van der Waals surface area contributed by atoms with Gasteiger partial charge in [0.05, 0.1) is 18.8 Å². The first-order valence-electron chi connectivity index (χ1n) is 16.4. The highest BCUT2D eigenvalue weighted by Gasteiger charge is 2.16. The van der Waals surface area contributed by atoms with Gasteiger partial charge in [-0.05, 0) is 38.5 Å². The molecule has 0 amide bonds. The van der Waals surface area contributed by atoms with Gasteiger partial charge < -0.3 is 24.8 Å². The summed E-state index contributed by atoms with van der Waals surface area (Å²) in [5, 5.41) is 29.7. The molecule has 3 N–H and O–H groups in total. The molecule has 0 rings (SSSR count). The Balaban J connectivity index is 3.74. The molecule has 7 nitrogen and oxygen atoms in total. The number of carbonyl (C=O) groups excluding carboxylic acids is 2. The van der Waals surface area contributed by atoms with E-state index in [1.165, 1.54) is 57.8 Å². The van der Waals surface area contributed by atoms with Crippen LogP contribution in [0, 0.1) is 0 Å². The van der Waals surface area contributed by atoms with Crippen LogP contribution in [0.3, 0.4) is 0 Å². The molecule has 0 saturated heterocycles. The lowest BCUT2D eigenvalue weighted by Crippen LogP contribution is -2.28. The van der Waals surface area contributed by atoms with Gasteiger partial charge in [-0.15, -0.1) is 0 Å². The van der Waals surface area contributed by atoms with Crippen molar-refractivity contribution in [3.63, 3.8) is 0 Å². The number of carbonyl (C=O) groups is 2. The van der Waals surface area contributed by atoms with Crippen molar-refractivity contribution in [1.82, 2.24) is 0 Å². The van der Waals surface area contributed by atoms with Crippen LogP contribution in [0.4, 0.5) is 0 Å². The minimum atomic E-state index is -0.821. The van der Waals surface area contributed by atoms with E-state index in [9.17, 15) is 24.9 Å². The molecular weight excluding hydrogens is 508 g/mol. The van der Waals surface area contributed by atoms with Gasteiger partial charge >= 0.3 is 11.9 Å². The smallest absolute Gasteiger partial charge is 0.306 e.